The van der Waals surface area contributed by atoms with Gasteiger partial charge in [-0.15, -0.1) is 11.8 Å². The minimum absolute atomic E-state index is 1.00. The summed E-state index contributed by atoms with van der Waals surface area (Å²) in [7, 11) is 0. The standard InChI is InChI=1S/C8H12N2S/c1-3-11-5-4-8-6-7(2)9-10-8/h4-6H,3H2,1-2H3,(H,9,10). The van der Waals surface area contributed by atoms with E-state index in [0.717, 1.165) is 17.1 Å². The Morgan fingerprint density at radius 2 is 2.55 bits per heavy atom. The molecular weight excluding hydrogens is 156 g/mol. The van der Waals surface area contributed by atoms with E-state index in [1.54, 1.807) is 11.8 Å². The minimum atomic E-state index is 1.00. The van der Waals surface area contributed by atoms with E-state index in [1.807, 2.05) is 19.1 Å². The Morgan fingerprint density at radius 1 is 1.73 bits per heavy atom. The third kappa shape index (κ3) is 2.80. The van der Waals surface area contributed by atoms with E-state index < -0.39 is 0 Å². The van der Waals surface area contributed by atoms with E-state index in [9.17, 15) is 0 Å². The molecule has 60 valence electrons. The molecule has 0 atom stereocenters. The summed E-state index contributed by atoms with van der Waals surface area (Å²) < 4.78 is 0. The van der Waals surface area contributed by atoms with Crippen LogP contribution in [0.3, 0.4) is 0 Å². The van der Waals surface area contributed by atoms with Crippen molar-refractivity contribution in [2.45, 2.75) is 13.8 Å². The number of rotatable bonds is 3. The number of hydrogen-bond donors (Lipinski definition) is 1. The van der Waals surface area contributed by atoms with Crippen molar-refractivity contribution in [1.29, 1.82) is 0 Å². The molecule has 0 aromatic carbocycles. The lowest BCUT2D eigenvalue weighted by Crippen LogP contribution is -1.69. The first-order chi connectivity index (χ1) is 5.33. The molecule has 1 N–H and O–H groups in total. The summed E-state index contributed by atoms with van der Waals surface area (Å²) in [5.74, 6) is 1.11. The molecule has 1 heterocycles. The maximum Gasteiger partial charge on any atom is 0.0856 e. The van der Waals surface area contributed by atoms with Gasteiger partial charge in [0.2, 0.25) is 0 Å². The largest absolute Gasteiger partial charge is 0.282 e. The van der Waals surface area contributed by atoms with Crippen molar-refractivity contribution < 1.29 is 0 Å². The number of thioether (sulfide) groups is 1. The van der Waals surface area contributed by atoms with Crippen molar-refractivity contribution in [1.82, 2.24) is 10.2 Å². The fourth-order valence-electron chi connectivity index (χ4n) is 0.739. The molecule has 3 heteroatoms. The Balaban J connectivity index is 2.50. The van der Waals surface area contributed by atoms with Crippen LogP contribution in [-0.4, -0.2) is 16.0 Å². The van der Waals surface area contributed by atoms with Crippen molar-refractivity contribution >= 4 is 17.8 Å². The molecule has 0 unspecified atom stereocenters. The molecule has 0 bridgehead atoms. The first-order valence-corrected chi connectivity index (χ1v) is 4.68. The van der Waals surface area contributed by atoms with Gasteiger partial charge in [-0.2, -0.15) is 5.10 Å². The molecule has 2 nitrogen and oxygen atoms in total. The average molecular weight is 168 g/mol. The monoisotopic (exact) mass is 168 g/mol. The Kier molecular flexibility index (Phi) is 3.23. The Bertz CT molecular complexity index is 240. The summed E-state index contributed by atoms with van der Waals surface area (Å²) in [5, 5.41) is 9.01. The van der Waals surface area contributed by atoms with Crippen LogP contribution in [0.2, 0.25) is 0 Å². The second-order valence-electron chi connectivity index (χ2n) is 2.23. The van der Waals surface area contributed by atoms with Gasteiger partial charge in [-0.25, -0.2) is 0 Å². The van der Waals surface area contributed by atoms with Gasteiger partial charge < -0.3 is 0 Å². The molecule has 0 spiro atoms. The van der Waals surface area contributed by atoms with Gasteiger partial charge in [0.05, 0.1) is 5.69 Å². The van der Waals surface area contributed by atoms with Crippen LogP contribution in [0.15, 0.2) is 11.5 Å². The predicted octanol–water partition coefficient (Wildman–Crippen LogP) is 2.44. The average Bonchev–Trinajstić information content (AvgIpc) is 2.37. The van der Waals surface area contributed by atoms with Crippen LogP contribution in [0, 0.1) is 6.92 Å². The van der Waals surface area contributed by atoms with Crippen molar-refractivity contribution in [2.24, 2.45) is 0 Å². The fourth-order valence-corrected chi connectivity index (χ4v) is 1.17. The summed E-state index contributed by atoms with van der Waals surface area (Å²) in [6.07, 6.45) is 2.01. The van der Waals surface area contributed by atoms with Crippen molar-refractivity contribution in [3.8, 4) is 0 Å². The molecule has 1 aromatic heterocycles. The molecule has 0 aliphatic carbocycles. The molecule has 1 aromatic rings. The highest BCUT2D eigenvalue weighted by atomic mass is 32.2. The number of nitrogens with one attached hydrogen (secondary N) is 1. The number of hydrogen-bond acceptors (Lipinski definition) is 2. The summed E-state index contributed by atoms with van der Waals surface area (Å²) in [6, 6.07) is 2.02. The molecule has 0 saturated carbocycles. The van der Waals surface area contributed by atoms with Crippen LogP contribution < -0.4 is 0 Å². The van der Waals surface area contributed by atoms with E-state index in [0.29, 0.717) is 0 Å². The first-order valence-electron chi connectivity index (χ1n) is 3.63. The van der Waals surface area contributed by atoms with Gasteiger partial charge in [-0.3, -0.25) is 5.10 Å². The SMILES string of the molecule is CCSC=Cc1cc(C)[nH]n1. The van der Waals surface area contributed by atoms with Crippen LogP contribution in [0.4, 0.5) is 0 Å². The third-order valence-electron chi connectivity index (χ3n) is 1.23. The van der Waals surface area contributed by atoms with Gasteiger partial charge in [0.15, 0.2) is 0 Å². The first kappa shape index (κ1) is 8.40. The lowest BCUT2D eigenvalue weighted by atomic mass is 10.4. The molecule has 11 heavy (non-hydrogen) atoms. The van der Waals surface area contributed by atoms with E-state index in [4.69, 9.17) is 0 Å². The summed E-state index contributed by atoms with van der Waals surface area (Å²) in [5.41, 5.74) is 2.11. The fraction of sp³-hybridized carbons (Fsp3) is 0.375. The van der Waals surface area contributed by atoms with Crippen molar-refractivity contribution in [3.63, 3.8) is 0 Å². The molecule has 1 rings (SSSR count). The van der Waals surface area contributed by atoms with Crippen LogP contribution in [0.25, 0.3) is 6.08 Å². The molecular formula is C8H12N2S. The van der Waals surface area contributed by atoms with Crippen molar-refractivity contribution in [3.05, 3.63) is 22.9 Å². The third-order valence-corrected chi connectivity index (χ3v) is 1.89. The Labute approximate surface area is 71.1 Å². The topological polar surface area (TPSA) is 28.7 Å². The maximum atomic E-state index is 4.06. The molecule has 0 radical (unpaired) electrons. The number of aromatic amines is 1. The van der Waals surface area contributed by atoms with Crippen LogP contribution >= 0.6 is 11.8 Å². The normalized spacial score (nSPS) is 11.1. The van der Waals surface area contributed by atoms with E-state index in [1.165, 1.54) is 0 Å². The molecule has 0 saturated heterocycles. The highest BCUT2D eigenvalue weighted by molar-refractivity contribution is 8.02. The summed E-state index contributed by atoms with van der Waals surface area (Å²) in [6.45, 7) is 4.13. The van der Waals surface area contributed by atoms with Gasteiger partial charge in [-0.05, 0) is 30.2 Å². The van der Waals surface area contributed by atoms with Gasteiger partial charge in [0, 0.05) is 5.69 Å². The van der Waals surface area contributed by atoms with Gasteiger partial charge in [0.25, 0.3) is 0 Å². The summed E-state index contributed by atoms with van der Waals surface area (Å²) in [4.78, 5) is 0. The van der Waals surface area contributed by atoms with Gasteiger partial charge in [0.1, 0.15) is 0 Å². The van der Waals surface area contributed by atoms with Crippen molar-refractivity contribution in [2.75, 3.05) is 5.75 Å². The maximum absolute atomic E-state index is 4.06. The van der Waals surface area contributed by atoms with Gasteiger partial charge >= 0.3 is 0 Å². The quantitative estimate of drug-likeness (QED) is 0.751. The summed E-state index contributed by atoms with van der Waals surface area (Å²) >= 11 is 1.78. The van der Waals surface area contributed by atoms with E-state index >= 15 is 0 Å². The highest BCUT2D eigenvalue weighted by Crippen LogP contribution is 2.06. The zero-order chi connectivity index (χ0) is 8.10. The zero-order valence-electron chi connectivity index (χ0n) is 6.79. The van der Waals surface area contributed by atoms with Crippen LogP contribution in [0.1, 0.15) is 18.3 Å². The van der Waals surface area contributed by atoms with Gasteiger partial charge in [-0.1, -0.05) is 6.92 Å². The number of H-pyrrole nitrogens is 1. The predicted molar refractivity (Wildman–Crippen MR) is 50.5 cm³/mol. The van der Waals surface area contributed by atoms with E-state index in [-0.39, 0.29) is 0 Å². The molecule has 0 aliphatic heterocycles. The minimum Gasteiger partial charge on any atom is -0.282 e. The zero-order valence-corrected chi connectivity index (χ0v) is 7.61. The second kappa shape index (κ2) is 4.23. The molecule has 0 fully saturated rings. The highest BCUT2D eigenvalue weighted by Gasteiger charge is 1.89. The number of nitrogens with zero attached hydrogens (tertiary/aromatic N) is 1. The number of aryl methyl sites for hydroxylation is 1. The van der Waals surface area contributed by atoms with E-state index in [2.05, 4.69) is 22.5 Å². The smallest absolute Gasteiger partial charge is 0.0856 e. The number of aromatic nitrogens is 2. The Morgan fingerprint density at radius 3 is 3.09 bits per heavy atom. The van der Waals surface area contributed by atoms with Crippen LogP contribution in [-0.2, 0) is 0 Å². The Hall–Kier alpha value is -0.700. The lowest BCUT2D eigenvalue weighted by Gasteiger charge is -1.82. The molecule has 0 aliphatic rings. The van der Waals surface area contributed by atoms with Crippen LogP contribution in [0.5, 0.6) is 0 Å². The second-order valence-corrected chi connectivity index (χ2v) is 3.42. The molecule has 0 amide bonds. The lowest BCUT2D eigenvalue weighted by molar-refractivity contribution is 1.04.